The van der Waals surface area contributed by atoms with Crippen LogP contribution in [0.3, 0.4) is 0 Å². The Morgan fingerprint density at radius 2 is 1.48 bits per heavy atom. The second kappa shape index (κ2) is 7.22. The molecular weight excluding hydrogens is 379 g/mol. The van der Waals surface area contributed by atoms with Crippen LogP contribution in [0.15, 0.2) is 83.9 Å². The zero-order chi connectivity index (χ0) is 17.9. The van der Waals surface area contributed by atoms with Gasteiger partial charge in [-0.15, -0.1) is 0 Å². The molecule has 25 heavy (non-hydrogen) atoms. The van der Waals surface area contributed by atoms with E-state index in [-0.39, 0.29) is 4.90 Å². The maximum atomic E-state index is 12.8. The molecule has 0 aliphatic carbocycles. The molecule has 0 aliphatic rings. The molecular formula is C18H16Cl2N2O2S. The van der Waals surface area contributed by atoms with Gasteiger partial charge in [0, 0.05) is 11.9 Å². The zero-order valence-electron chi connectivity index (χ0n) is 13.1. The second-order valence-electron chi connectivity index (χ2n) is 5.48. The van der Waals surface area contributed by atoms with Crippen molar-refractivity contribution in [2.24, 2.45) is 0 Å². The average Bonchev–Trinajstić information content (AvgIpc) is 3.15. The fraction of sp³-hybridized carbons (Fsp3) is 0.111. The lowest BCUT2D eigenvalue weighted by Crippen LogP contribution is -2.38. The first-order valence-corrected chi connectivity index (χ1v) is 9.79. The van der Waals surface area contributed by atoms with Crippen LogP contribution in [0.4, 0.5) is 0 Å². The van der Waals surface area contributed by atoms with E-state index in [4.69, 9.17) is 23.2 Å². The molecule has 1 atom stereocenters. The van der Waals surface area contributed by atoms with Crippen molar-refractivity contribution in [1.29, 1.82) is 0 Å². The molecule has 7 heteroatoms. The average molecular weight is 395 g/mol. The number of hydrogen-bond acceptors (Lipinski definition) is 2. The summed E-state index contributed by atoms with van der Waals surface area (Å²) in [7, 11) is -3.82. The molecule has 4 nitrogen and oxygen atoms in total. The van der Waals surface area contributed by atoms with Gasteiger partial charge in [0.2, 0.25) is 10.0 Å². The van der Waals surface area contributed by atoms with E-state index >= 15 is 0 Å². The van der Waals surface area contributed by atoms with Gasteiger partial charge in [0.15, 0.2) is 4.33 Å². The zero-order valence-corrected chi connectivity index (χ0v) is 15.4. The Morgan fingerprint density at radius 1 is 0.880 bits per heavy atom. The smallest absolute Gasteiger partial charge is 0.241 e. The molecule has 0 aliphatic heterocycles. The van der Waals surface area contributed by atoms with Gasteiger partial charge in [-0.05, 0) is 29.8 Å². The monoisotopic (exact) mass is 394 g/mol. The third-order valence-corrected chi connectivity index (χ3v) is 6.09. The standard InChI is InChI=1S/C18H16Cl2N2O2S/c19-18(20,14-8-3-1-4-9-14)17(16-12-7-13-21-16)22-25(23,24)15-10-5-2-6-11-15/h1-13,17,21-22H. The van der Waals surface area contributed by atoms with Crippen molar-refractivity contribution in [3.63, 3.8) is 0 Å². The molecule has 1 heterocycles. The van der Waals surface area contributed by atoms with Crippen LogP contribution >= 0.6 is 23.2 Å². The van der Waals surface area contributed by atoms with Crippen LogP contribution in [0.2, 0.25) is 0 Å². The predicted molar refractivity (Wildman–Crippen MR) is 100 cm³/mol. The van der Waals surface area contributed by atoms with E-state index in [2.05, 4.69) is 9.71 Å². The highest BCUT2D eigenvalue weighted by molar-refractivity contribution is 7.89. The Morgan fingerprint density at radius 3 is 2.04 bits per heavy atom. The molecule has 0 radical (unpaired) electrons. The van der Waals surface area contributed by atoms with Crippen LogP contribution < -0.4 is 4.72 Å². The number of nitrogens with one attached hydrogen (secondary N) is 2. The molecule has 0 saturated heterocycles. The second-order valence-corrected chi connectivity index (χ2v) is 8.58. The number of hydrogen-bond donors (Lipinski definition) is 2. The Bertz CT molecular complexity index is 912. The van der Waals surface area contributed by atoms with Crippen LogP contribution in [-0.2, 0) is 14.4 Å². The van der Waals surface area contributed by atoms with Gasteiger partial charge in [0.05, 0.1) is 10.9 Å². The van der Waals surface area contributed by atoms with Gasteiger partial charge >= 0.3 is 0 Å². The number of rotatable bonds is 6. The van der Waals surface area contributed by atoms with Gasteiger partial charge in [-0.3, -0.25) is 0 Å². The van der Waals surface area contributed by atoms with Gasteiger partial charge in [-0.2, -0.15) is 4.72 Å². The summed E-state index contributed by atoms with van der Waals surface area (Å²) >= 11 is 13.3. The summed E-state index contributed by atoms with van der Waals surface area (Å²) < 4.78 is 26.7. The first-order chi connectivity index (χ1) is 11.9. The highest BCUT2D eigenvalue weighted by Gasteiger charge is 2.41. The van der Waals surface area contributed by atoms with E-state index in [1.54, 1.807) is 60.8 Å². The van der Waals surface area contributed by atoms with E-state index in [9.17, 15) is 8.42 Å². The number of sulfonamides is 1. The normalized spacial score (nSPS) is 13.5. The van der Waals surface area contributed by atoms with Crippen molar-refractivity contribution in [1.82, 2.24) is 9.71 Å². The Hall–Kier alpha value is -1.79. The van der Waals surface area contributed by atoms with Crippen LogP contribution in [0.5, 0.6) is 0 Å². The van der Waals surface area contributed by atoms with Crippen LogP contribution in [0, 0.1) is 0 Å². The molecule has 0 bridgehead atoms. The summed E-state index contributed by atoms with van der Waals surface area (Å²) in [5, 5.41) is 0. The first kappa shape index (κ1) is 18.0. The minimum absolute atomic E-state index is 0.142. The fourth-order valence-electron chi connectivity index (χ4n) is 2.51. The van der Waals surface area contributed by atoms with Gasteiger partial charge in [0.25, 0.3) is 0 Å². The molecule has 2 aromatic carbocycles. The SMILES string of the molecule is O=S(=O)(NC(c1ccc[nH]1)C(Cl)(Cl)c1ccccc1)c1ccccc1. The summed E-state index contributed by atoms with van der Waals surface area (Å²) in [6.45, 7) is 0. The maximum absolute atomic E-state index is 12.8. The summed E-state index contributed by atoms with van der Waals surface area (Å²) in [5.41, 5.74) is 1.15. The lowest BCUT2D eigenvalue weighted by atomic mass is 10.0. The third-order valence-electron chi connectivity index (χ3n) is 3.78. The van der Waals surface area contributed by atoms with Crippen molar-refractivity contribution < 1.29 is 8.42 Å². The number of halogens is 2. The third kappa shape index (κ3) is 3.90. The van der Waals surface area contributed by atoms with Gasteiger partial charge in [-0.25, -0.2) is 8.42 Å². The van der Waals surface area contributed by atoms with Crippen molar-refractivity contribution in [3.05, 3.63) is 90.3 Å². The molecule has 0 saturated carbocycles. The van der Waals surface area contributed by atoms with E-state index < -0.39 is 20.4 Å². The molecule has 3 rings (SSSR count). The number of aromatic nitrogens is 1. The van der Waals surface area contributed by atoms with Gasteiger partial charge in [-0.1, -0.05) is 71.7 Å². The Kier molecular flexibility index (Phi) is 5.20. The summed E-state index contributed by atoms with van der Waals surface area (Å²) in [4.78, 5) is 3.13. The van der Waals surface area contributed by atoms with Crippen LogP contribution in [-0.4, -0.2) is 13.4 Å². The number of benzene rings is 2. The molecule has 1 unspecified atom stereocenters. The topological polar surface area (TPSA) is 62.0 Å². The highest BCUT2D eigenvalue weighted by Crippen LogP contribution is 2.45. The minimum Gasteiger partial charge on any atom is -0.364 e. The van der Waals surface area contributed by atoms with Gasteiger partial charge in [0.1, 0.15) is 0 Å². The van der Waals surface area contributed by atoms with Crippen molar-refractivity contribution >= 4 is 33.2 Å². The molecule has 130 valence electrons. The molecule has 1 aromatic heterocycles. The van der Waals surface area contributed by atoms with E-state index in [0.717, 1.165) is 0 Å². The molecule has 0 fully saturated rings. The van der Waals surface area contributed by atoms with Crippen molar-refractivity contribution in [3.8, 4) is 0 Å². The van der Waals surface area contributed by atoms with Crippen molar-refractivity contribution in [2.75, 3.05) is 0 Å². The van der Waals surface area contributed by atoms with E-state index in [0.29, 0.717) is 11.3 Å². The molecule has 3 aromatic rings. The quantitative estimate of drug-likeness (QED) is 0.609. The van der Waals surface area contributed by atoms with E-state index in [1.165, 1.54) is 12.1 Å². The predicted octanol–water partition coefficient (Wildman–Crippen LogP) is 4.36. The number of alkyl halides is 2. The summed E-state index contributed by atoms with van der Waals surface area (Å²) in [6.07, 6.45) is 1.69. The summed E-state index contributed by atoms with van der Waals surface area (Å²) in [6, 6.07) is 19.6. The van der Waals surface area contributed by atoms with Gasteiger partial charge < -0.3 is 4.98 Å². The Balaban J connectivity index is 2.03. The lowest BCUT2D eigenvalue weighted by molar-refractivity contribution is 0.527. The largest absolute Gasteiger partial charge is 0.364 e. The van der Waals surface area contributed by atoms with Crippen LogP contribution in [0.1, 0.15) is 17.3 Å². The minimum atomic E-state index is -3.82. The fourth-order valence-corrected chi connectivity index (χ4v) is 4.50. The summed E-state index contributed by atoms with van der Waals surface area (Å²) in [5.74, 6) is 0. The first-order valence-electron chi connectivity index (χ1n) is 7.55. The number of aromatic amines is 1. The van der Waals surface area contributed by atoms with Crippen molar-refractivity contribution in [2.45, 2.75) is 15.3 Å². The Labute approximate surface area is 156 Å². The van der Waals surface area contributed by atoms with Crippen LogP contribution in [0.25, 0.3) is 0 Å². The molecule has 2 N–H and O–H groups in total. The molecule has 0 spiro atoms. The molecule has 0 amide bonds. The van der Waals surface area contributed by atoms with E-state index in [1.807, 2.05) is 6.07 Å². The number of H-pyrrole nitrogens is 1. The maximum Gasteiger partial charge on any atom is 0.241 e. The lowest BCUT2D eigenvalue weighted by Gasteiger charge is -2.30. The highest BCUT2D eigenvalue weighted by atomic mass is 35.5.